The van der Waals surface area contributed by atoms with Gasteiger partial charge >= 0.3 is 0 Å². The summed E-state index contributed by atoms with van der Waals surface area (Å²) in [6.07, 6.45) is 3.79. The molecule has 0 aromatic carbocycles. The van der Waals surface area contributed by atoms with Crippen LogP contribution in [-0.4, -0.2) is 17.9 Å². The first-order chi connectivity index (χ1) is 9.18. The first kappa shape index (κ1) is 11.9. The Morgan fingerprint density at radius 1 is 0.947 bits per heavy atom. The van der Waals surface area contributed by atoms with Gasteiger partial charge in [-0.3, -0.25) is 4.79 Å². The van der Waals surface area contributed by atoms with Crippen molar-refractivity contribution in [1.82, 2.24) is 17.9 Å². The molecule has 0 radical (unpaired) electrons. The maximum Gasteiger partial charge on any atom is 0.236 e. The molecule has 3 rings (SSSR count). The highest BCUT2D eigenvalue weighted by Gasteiger charge is 2.15. The average molecular weight is 272 g/mol. The van der Waals surface area contributed by atoms with E-state index < -0.39 is 0 Å². The number of hydrogen-bond donors (Lipinski definition) is 0. The summed E-state index contributed by atoms with van der Waals surface area (Å²) in [4.78, 5) is 12.5. The normalized spacial score (nSPS) is 10.8. The third kappa shape index (κ3) is 1.90. The van der Waals surface area contributed by atoms with Crippen LogP contribution in [0.3, 0.4) is 0 Å². The predicted molar refractivity (Wildman–Crippen MR) is 75.0 cm³/mol. The molecule has 0 spiro atoms. The topological polar surface area (TPSA) is 52.7 Å². The minimum atomic E-state index is -0.137. The Balaban J connectivity index is 2.24. The van der Waals surface area contributed by atoms with E-state index in [2.05, 4.69) is 8.75 Å². The number of hydrogen-bond acceptors (Lipinski definition) is 4. The number of aromatic nitrogens is 4. The summed E-state index contributed by atoms with van der Waals surface area (Å²) in [6, 6.07) is 7.55. The van der Waals surface area contributed by atoms with Crippen LogP contribution >= 0.6 is 11.7 Å². The number of rotatable bonds is 2. The maximum absolute atomic E-state index is 12.5. The third-order valence-corrected chi connectivity index (χ3v) is 3.60. The summed E-state index contributed by atoms with van der Waals surface area (Å²) in [7, 11) is 3.79. The molecule has 0 aliphatic heterocycles. The zero-order valence-electron chi connectivity index (χ0n) is 10.6. The standard InChI is InChI=1S/C13H12N4OS/c1-16-7-3-5-9(16)11-13(18)12(15-19-14-11)10-6-4-8-17(10)2/h3-8H,1-2H3. The van der Waals surface area contributed by atoms with E-state index in [0.29, 0.717) is 11.4 Å². The Bertz CT molecular complexity index is 722. The van der Waals surface area contributed by atoms with E-state index in [4.69, 9.17) is 0 Å². The van der Waals surface area contributed by atoms with E-state index >= 15 is 0 Å². The number of aryl methyl sites for hydroxylation is 2. The van der Waals surface area contributed by atoms with E-state index in [-0.39, 0.29) is 5.43 Å². The molecule has 96 valence electrons. The molecule has 0 saturated heterocycles. The van der Waals surface area contributed by atoms with Crippen LogP contribution < -0.4 is 5.43 Å². The molecular formula is C13H12N4OS. The second-order valence-corrected chi connectivity index (χ2v) is 4.83. The lowest BCUT2D eigenvalue weighted by Gasteiger charge is -2.04. The van der Waals surface area contributed by atoms with Crippen LogP contribution in [0.15, 0.2) is 41.5 Å². The van der Waals surface area contributed by atoms with Gasteiger partial charge in [0.1, 0.15) is 0 Å². The molecule has 0 amide bonds. The van der Waals surface area contributed by atoms with Crippen molar-refractivity contribution >= 4 is 11.7 Å². The highest BCUT2D eigenvalue weighted by molar-refractivity contribution is 6.99. The Kier molecular flexibility index (Phi) is 2.79. The highest BCUT2D eigenvalue weighted by Crippen LogP contribution is 2.18. The minimum Gasteiger partial charge on any atom is -0.349 e. The molecule has 0 fully saturated rings. The minimum absolute atomic E-state index is 0.137. The summed E-state index contributed by atoms with van der Waals surface area (Å²) in [6.45, 7) is 0. The van der Waals surface area contributed by atoms with Gasteiger partial charge in [-0.15, -0.1) is 0 Å². The fourth-order valence-electron chi connectivity index (χ4n) is 2.04. The molecule has 0 saturated carbocycles. The molecule has 5 nitrogen and oxygen atoms in total. The van der Waals surface area contributed by atoms with E-state index in [1.807, 2.05) is 59.9 Å². The van der Waals surface area contributed by atoms with Crippen molar-refractivity contribution in [1.29, 1.82) is 0 Å². The Morgan fingerprint density at radius 3 is 1.79 bits per heavy atom. The lowest BCUT2D eigenvalue weighted by molar-refractivity contribution is 0.924. The van der Waals surface area contributed by atoms with Crippen LogP contribution in [0.25, 0.3) is 22.8 Å². The van der Waals surface area contributed by atoms with Crippen molar-refractivity contribution in [3.63, 3.8) is 0 Å². The lowest BCUT2D eigenvalue weighted by atomic mass is 10.2. The maximum atomic E-state index is 12.5. The molecule has 6 heteroatoms. The summed E-state index contributed by atoms with van der Waals surface area (Å²) in [5, 5.41) is 0. The fourth-order valence-corrected chi connectivity index (χ4v) is 2.59. The highest BCUT2D eigenvalue weighted by atomic mass is 32.1. The Hall–Kier alpha value is -2.21. The largest absolute Gasteiger partial charge is 0.349 e. The van der Waals surface area contributed by atoms with Crippen molar-refractivity contribution in [2.24, 2.45) is 14.1 Å². The van der Waals surface area contributed by atoms with E-state index in [1.54, 1.807) is 0 Å². The smallest absolute Gasteiger partial charge is 0.236 e. The first-order valence-electron chi connectivity index (χ1n) is 5.79. The van der Waals surface area contributed by atoms with Gasteiger partial charge in [0.25, 0.3) is 0 Å². The van der Waals surface area contributed by atoms with Crippen LogP contribution in [0.4, 0.5) is 0 Å². The molecule has 0 N–H and O–H groups in total. The van der Waals surface area contributed by atoms with Gasteiger partial charge in [-0.05, 0) is 24.3 Å². The molecular weight excluding hydrogens is 260 g/mol. The van der Waals surface area contributed by atoms with Crippen molar-refractivity contribution in [2.75, 3.05) is 0 Å². The lowest BCUT2D eigenvalue weighted by Crippen LogP contribution is -2.13. The van der Waals surface area contributed by atoms with Crippen LogP contribution in [0.5, 0.6) is 0 Å². The molecule has 3 aromatic heterocycles. The molecule has 0 unspecified atom stereocenters. The van der Waals surface area contributed by atoms with E-state index in [0.717, 1.165) is 23.1 Å². The Morgan fingerprint density at radius 2 is 1.42 bits per heavy atom. The first-order valence-corrected chi connectivity index (χ1v) is 6.52. The van der Waals surface area contributed by atoms with Gasteiger partial charge in [0.15, 0.2) is 11.4 Å². The zero-order valence-corrected chi connectivity index (χ0v) is 11.4. The molecule has 0 aliphatic rings. The average Bonchev–Trinajstić information content (AvgIpc) is 2.99. The van der Waals surface area contributed by atoms with Crippen molar-refractivity contribution in [2.45, 2.75) is 0 Å². The monoisotopic (exact) mass is 272 g/mol. The van der Waals surface area contributed by atoms with Gasteiger partial charge in [0.05, 0.1) is 23.1 Å². The molecule has 0 aliphatic carbocycles. The molecule has 3 heterocycles. The van der Waals surface area contributed by atoms with Crippen LogP contribution in [0, 0.1) is 0 Å². The zero-order chi connectivity index (χ0) is 13.4. The summed E-state index contributed by atoms with van der Waals surface area (Å²) in [5.74, 6) is 0. The van der Waals surface area contributed by atoms with Gasteiger partial charge in [0, 0.05) is 26.5 Å². The van der Waals surface area contributed by atoms with Gasteiger partial charge in [-0.25, -0.2) is 0 Å². The second kappa shape index (κ2) is 4.47. The van der Waals surface area contributed by atoms with Crippen LogP contribution in [0.2, 0.25) is 0 Å². The number of nitrogens with zero attached hydrogens (tertiary/aromatic N) is 4. The SMILES string of the molecule is Cn1cccc1-c1nsnc(-c2cccn2C)c1=O. The summed E-state index contributed by atoms with van der Waals surface area (Å²) < 4.78 is 12.1. The Labute approximate surface area is 114 Å². The van der Waals surface area contributed by atoms with Crippen LogP contribution in [0.1, 0.15) is 0 Å². The van der Waals surface area contributed by atoms with Gasteiger partial charge in [-0.2, -0.15) is 8.75 Å². The van der Waals surface area contributed by atoms with Crippen LogP contribution in [-0.2, 0) is 14.1 Å². The fraction of sp³-hybridized carbons (Fsp3) is 0.154. The molecule has 19 heavy (non-hydrogen) atoms. The second-order valence-electron chi connectivity index (χ2n) is 4.30. The van der Waals surface area contributed by atoms with Crippen molar-refractivity contribution in [3.05, 3.63) is 46.9 Å². The molecule has 3 aromatic rings. The summed E-state index contributed by atoms with van der Waals surface area (Å²) >= 11 is 1.06. The summed E-state index contributed by atoms with van der Waals surface area (Å²) in [5.41, 5.74) is 2.37. The van der Waals surface area contributed by atoms with E-state index in [1.165, 1.54) is 0 Å². The quantitative estimate of drug-likeness (QED) is 0.716. The van der Waals surface area contributed by atoms with Gasteiger partial charge < -0.3 is 9.13 Å². The molecule has 0 atom stereocenters. The van der Waals surface area contributed by atoms with E-state index in [9.17, 15) is 4.79 Å². The van der Waals surface area contributed by atoms with Crippen molar-refractivity contribution < 1.29 is 0 Å². The predicted octanol–water partition coefficient (Wildman–Crippen LogP) is 1.91. The van der Waals surface area contributed by atoms with Crippen molar-refractivity contribution in [3.8, 4) is 22.8 Å². The van der Waals surface area contributed by atoms with Gasteiger partial charge in [-0.1, -0.05) is 0 Å². The van der Waals surface area contributed by atoms with Gasteiger partial charge in [0.2, 0.25) is 5.43 Å². The molecule has 0 bridgehead atoms. The third-order valence-electron chi connectivity index (χ3n) is 3.07.